The zero-order chi connectivity index (χ0) is 22.2. The Bertz CT molecular complexity index is 859. The minimum Gasteiger partial charge on any atom is -0.353 e. The third-order valence-electron chi connectivity index (χ3n) is 6.89. The summed E-state index contributed by atoms with van der Waals surface area (Å²) >= 11 is 0. The van der Waals surface area contributed by atoms with E-state index < -0.39 is 0 Å². The lowest BCUT2D eigenvalue weighted by Gasteiger charge is -2.34. The van der Waals surface area contributed by atoms with Crippen LogP contribution in [0.1, 0.15) is 55.7 Å². The molecule has 1 saturated heterocycles. The molecule has 1 heterocycles. The number of rotatable bonds is 9. The summed E-state index contributed by atoms with van der Waals surface area (Å²) in [6.45, 7) is 2.91. The van der Waals surface area contributed by atoms with Gasteiger partial charge >= 0.3 is 0 Å². The van der Waals surface area contributed by atoms with Crippen LogP contribution in [-0.4, -0.2) is 42.4 Å². The molecule has 2 aromatic rings. The van der Waals surface area contributed by atoms with E-state index in [0.717, 1.165) is 57.3 Å². The van der Waals surface area contributed by atoms with Gasteiger partial charge in [-0.1, -0.05) is 67.1 Å². The van der Waals surface area contributed by atoms with Crippen molar-refractivity contribution in [1.82, 2.24) is 15.5 Å². The second-order valence-electron chi connectivity index (χ2n) is 9.23. The van der Waals surface area contributed by atoms with Gasteiger partial charge in [-0.25, -0.2) is 0 Å². The number of nitrogens with one attached hydrogen (secondary N) is 2. The molecule has 2 fully saturated rings. The summed E-state index contributed by atoms with van der Waals surface area (Å²) in [5, 5.41) is 6.52. The fourth-order valence-corrected chi connectivity index (χ4v) is 4.64. The van der Waals surface area contributed by atoms with Crippen LogP contribution < -0.4 is 10.6 Å². The van der Waals surface area contributed by atoms with Crippen LogP contribution in [0.25, 0.3) is 0 Å². The van der Waals surface area contributed by atoms with Crippen LogP contribution in [0.2, 0.25) is 0 Å². The second-order valence-corrected chi connectivity index (χ2v) is 9.23. The minimum atomic E-state index is 0.0626. The van der Waals surface area contributed by atoms with E-state index in [-0.39, 0.29) is 29.8 Å². The summed E-state index contributed by atoms with van der Waals surface area (Å²) in [6, 6.07) is 20.5. The highest BCUT2D eigenvalue weighted by molar-refractivity contribution is 5.80. The highest BCUT2D eigenvalue weighted by Gasteiger charge is 2.28. The Hall–Kier alpha value is -2.66. The van der Waals surface area contributed by atoms with Gasteiger partial charge in [0.2, 0.25) is 11.8 Å². The highest BCUT2D eigenvalue weighted by atomic mass is 16.2. The molecule has 2 N–H and O–H groups in total. The van der Waals surface area contributed by atoms with E-state index in [2.05, 4.69) is 27.7 Å². The van der Waals surface area contributed by atoms with Crippen molar-refractivity contribution in [3.05, 3.63) is 71.8 Å². The average molecular weight is 434 g/mol. The van der Waals surface area contributed by atoms with Crippen molar-refractivity contribution in [1.29, 1.82) is 0 Å². The molecule has 0 bridgehead atoms. The lowest BCUT2D eigenvalue weighted by Crippen LogP contribution is -2.46. The molecule has 0 radical (unpaired) electrons. The lowest BCUT2D eigenvalue weighted by molar-refractivity contribution is -0.128. The normalized spacial score (nSPS) is 18.5. The fourth-order valence-electron chi connectivity index (χ4n) is 4.64. The van der Waals surface area contributed by atoms with Crippen LogP contribution >= 0.6 is 0 Å². The average Bonchev–Trinajstić information content (AvgIpc) is 2.77. The molecule has 1 aliphatic heterocycles. The third-order valence-corrected chi connectivity index (χ3v) is 6.89. The predicted molar refractivity (Wildman–Crippen MR) is 127 cm³/mol. The van der Waals surface area contributed by atoms with E-state index >= 15 is 0 Å². The van der Waals surface area contributed by atoms with Crippen molar-refractivity contribution < 1.29 is 9.59 Å². The summed E-state index contributed by atoms with van der Waals surface area (Å²) in [4.78, 5) is 27.4. The Balaban J connectivity index is 1.22. The summed E-state index contributed by atoms with van der Waals surface area (Å²) in [7, 11) is 0. The van der Waals surface area contributed by atoms with Gasteiger partial charge in [-0.05, 0) is 43.2 Å². The molecule has 1 atom stereocenters. The standard InChI is InChI=1S/C27H35N3O2/c31-26(20-21-8-3-1-4-9-21)28-24-14-17-30(18-15-24)19-16-25(22-10-5-2-6-11-22)29-27(32)23-12-7-13-23/h1-6,8-11,23-25H,7,12-20H2,(H,28,31)(H,29,32). The first-order valence-corrected chi connectivity index (χ1v) is 12.1. The Morgan fingerprint density at radius 3 is 2.19 bits per heavy atom. The summed E-state index contributed by atoms with van der Waals surface area (Å²) in [6.07, 6.45) is 6.53. The first-order chi connectivity index (χ1) is 15.7. The van der Waals surface area contributed by atoms with Gasteiger partial charge in [-0.15, -0.1) is 0 Å². The van der Waals surface area contributed by atoms with Crippen molar-refractivity contribution in [2.45, 2.75) is 57.0 Å². The minimum absolute atomic E-state index is 0.0626. The molecule has 1 aliphatic carbocycles. The van der Waals surface area contributed by atoms with E-state index in [9.17, 15) is 9.59 Å². The third kappa shape index (κ3) is 6.42. The Kier molecular flexibility index (Phi) is 7.94. The molecule has 32 heavy (non-hydrogen) atoms. The van der Waals surface area contributed by atoms with Crippen LogP contribution in [0.3, 0.4) is 0 Å². The molecule has 2 amide bonds. The van der Waals surface area contributed by atoms with E-state index in [1.54, 1.807) is 0 Å². The molecule has 2 aliphatic rings. The zero-order valence-corrected chi connectivity index (χ0v) is 18.8. The van der Waals surface area contributed by atoms with Gasteiger partial charge in [-0.3, -0.25) is 9.59 Å². The second kappa shape index (κ2) is 11.3. The molecular weight excluding hydrogens is 398 g/mol. The molecule has 5 nitrogen and oxygen atoms in total. The summed E-state index contributed by atoms with van der Waals surface area (Å²) in [5.74, 6) is 0.527. The Morgan fingerprint density at radius 1 is 0.906 bits per heavy atom. The predicted octanol–water partition coefficient (Wildman–Crippen LogP) is 3.86. The van der Waals surface area contributed by atoms with Crippen LogP contribution in [0.4, 0.5) is 0 Å². The van der Waals surface area contributed by atoms with Crippen molar-refractivity contribution >= 4 is 11.8 Å². The maximum absolute atomic E-state index is 12.6. The number of likely N-dealkylation sites (tertiary alicyclic amines) is 1. The molecular formula is C27H35N3O2. The molecule has 170 valence electrons. The SMILES string of the molecule is O=C(Cc1ccccc1)NC1CCN(CCC(NC(=O)C2CCC2)c2ccccc2)CC1. The van der Waals surface area contributed by atoms with Gasteiger partial charge < -0.3 is 15.5 Å². The van der Waals surface area contributed by atoms with E-state index in [4.69, 9.17) is 0 Å². The zero-order valence-electron chi connectivity index (χ0n) is 18.8. The van der Waals surface area contributed by atoms with Gasteiger partial charge in [-0.2, -0.15) is 0 Å². The number of nitrogens with zero attached hydrogens (tertiary/aromatic N) is 1. The fraction of sp³-hybridized carbons (Fsp3) is 0.481. The van der Waals surface area contributed by atoms with Gasteiger partial charge in [0.1, 0.15) is 0 Å². The Morgan fingerprint density at radius 2 is 1.56 bits per heavy atom. The van der Waals surface area contributed by atoms with Crippen LogP contribution in [0.5, 0.6) is 0 Å². The van der Waals surface area contributed by atoms with Crippen molar-refractivity contribution in [3.63, 3.8) is 0 Å². The molecule has 0 aromatic heterocycles. The van der Waals surface area contributed by atoms with Crippen molar-refractivity contribution in [3.8, 4) is 0 Å². The highest BCUT2D eigenvalue weighted by Crippen LogP contribution is 2.28. The van der Waals surface area contributed by atoms with E-state index in [0.29, 0.717) is 6.42 Å². The smallest absolute Gasteiger partial charge is 0.224 e. The van der Waals surface area contributed by atoms with Gasteiger partial charge in [0.25, 0.3) is 0 Å². The summed E-state index contributed by atoms with van der Waals surface area (Å²) < 4.78 is 0. The van der Waals surface area contributed by atoms with Crippen LogP contribution in [-0.2, 0) is 16.0 Å². The topological polar surface area (TPSA) is 61.4 Å². The maximum atomic E-state index is 12.6. The van der Waals surface area contributed by atoms with Crippen molar-refractivity contribution in [2.75, 3.05) is 19.6 Å². The molecule has 2 aromatic carbocycles. The quantitative estimate of drug-likeness (QED) is 0.631. The number of piperidine rings is 1. The lowest BCUT2D eigenvalue weighted by atomic mass is 9.84. The number of benzene rings is 2. The number of hydrogen-bond donors (Lipinski definition) is 2. The molecule has 1 saturated carbocycles. The van der Waals surface area contributed by atoms with Gasteiger partial charge in [0.05, 0.1) is 12.5 Å². The number of amides is 2. The first-order valence-electron chi connectivity index (χ1n) is 12.1. The Labute approximate surface area is 191 Å². The van der Waals surface area contributed by atoms with E-state index in [1.807, 2.05) is 48.5 Å². The van der Waals surface area contributed by atoms with Crippen LogP contribution in [0.15, 0.2) is 60.7 Å². The maximum Gasteiger partial charge on any atom is 0.224 e. The van der Waals surface area contributed by atoms with Gasteiger partial charge in [0.15, 0.2) is 0 Å². The summed E-state index contributed by atoms with van der Waals surface area (Å²) in [5.41, 5.74) is 2.24. The molecule has 5 heteroatoms. The molecule has 4 rings (SSSR count). The monoisotopic (exact) mass is 433 g/mol. The first kappa shape index (κ1) is 22.5. The number of hydrogen-bond acceptors (Lipinski definition) is 3. The van der Waals surface area contributed by atoms with E-state index in [1.165, 1.54) is 12.0 Å². The van der Waals surface area contributed by atoms with Crippen LogP contribution in [0, 0.1) is 5.92 Å². The van der Waals surface area contributed by atoms with Gasteiger partial charge in [0, 0.05) is 31.6 Å². The largest absolute Gasteiger partial charge is 0.353 e. The molecule has 0 spiro atoms. The number of carbonyl (C=O) groups excluding carboxylic acids is 2. The molecule has 1 unspecified atom stereocenters. The number of carbonyl (C=O) groups is 2. The van der Waals surface area contributed by atoms with Crippen molar-refractivity contribution in [2.24, 2.45) is 5.92 Å².